The van der Waals surface area contributed by atoms with Gasteiger partial charge >= 0.3 is 0 Å². The van der Waals surface area contributed by atoms with E-state index in [1.165, 1.54) is 11.8 Å². The SMILES string of the molecule is CC(=O)SCCC=Cc1cnc(Cl)c(C#N)c1. The number of nitrogens with zero attached hydrogens (tertiary/aromatic N) is 2. The van der Waals surface area contributed by atoms with E-state index in [-0.39, 0.29) is 10.3 Å². The molecule has 0 spiro atoms. The van der Waals surface area contributed by atoms with Gasteiger partial charge in [-0.1, -0.05) is 35.5 Å². The highest BCUT2D eigenvalue weighted by molar-refractivity contribution is 8.13. The van der Waals surface area contributed by atoms with Gasteiger partial charge in [0, 0.05) is 18.9 Å². The summed E-state index contributed by atoms with van der Waals surface area (Å²) in [4.78, 5) is 14.6. The molecule has 5 heteroatoms. The molecule has 1 aromatic rings. The molecule has 1 rings (SSSR count). The number of pyridine rings is 1. The number of hydrogen-bond donors (Lipinski definition) is 0. The zero-order chi connectivity index (χ0) is 12.7. The highest BCUT2D eigenvalue weighted by Crippen LogP contribution is 2.14. The third-order valence-corrected chi connectivity index (χ3v) is 3.03. The fourth-order valence-corrected chi connectivity index (χ4v) is 1.81. The number of carbonyl (C=O) groups excluding carboxylic acids is 1. The zero-order valence-electron chi connectivity index (χ0n) is 9.31. The van der Waals surface area contributed by atoms with Crippen LogP contribution in [0.1, 0.15) is 24.5 Å². The summed E-state index contributed by atoms with van der Waals surface area (Å²) in [7, 11) is 0. The Hall–Kier alpha value is -1.31. The second-order valence-corrected chi connectivity index (χ2v) is 4.88. The predicted octanol–water partition coefficient (Wildman–Crippen LogP) is 3.29. The Kier molecular flexibility index (Phi) is 5.75. The molecule has 0 radical (unpaired) electrons. The molecule has 88 valence electrons. The minimum absolute atomic E-state index is 0.123. The standard InChI is InChI=1S/C12H11ClN2OS/c1-9(16)17-5-3-2-4-10-6-11(7-14)12(13)15-8-10/h2,4,6,8H,3,5H2,1H3. The Morgan fingerprint density at radius 1 is 1.71 bits per heavy atom. The molecule has 0 atom stereocenters. The first-order valence-corrected chi connectivity index (χ1v) is 6.35. The minimum Gasteiger partial charge on any atom is -0.288 e. The fourth-order valence-electron chi connectivity index (χ4n) is 1.12. The minimum atomic E-state index is 0.123. The van der Waals surface area contributed by atoms with E-state index in [4.69, 9.17) is 16.9 Å². The summed E-state index contributed by atoms with van der Waals surface area (Å²) in [6.07, 6.45) is 6.22. The molecule has 1 heterocycles. The normalized spacial score (nSPS) is 10.4. The lowest BCUT2D eigenvalue weighted by Gasteiger charge is -1.96. The van der Waals surface area contributed by atoms with Gasteiger partial charge in [0.05, 0.1) is 5.56 Å². The molecule has 3 nitrogen and oxygen atoms in total. The molecule has 0 aliphatic heterocycles. The average molecular weight is 267 g/mol. The van der Waals surface area contributed by atoms with Gasteiger partial charge in [-0.3, -0.25) is 4.79 Å². The maximum Gasteiger partial charge on any atom is 0.185 e. The van der Waals surface area contributed by atoms with Crippen molar-refractivity contribution in [3.63, 3.8) is 0 Å². The number of hydrogen-bond acceptors (Lipinski definition) is 4. The van der Waals surface area contributed by atoms with Gasteiger partial charge in [-0.25, -0.2) is 4.98 Å². The van der Waals surface area contributed by atoms with Crippen LogP contribution in [0, 0.1) is 11.3 Å². The third-order valence-electron chi connectivity index (χ3n) is 1.88. The van der Waals surface area contributed by atoms with Crippen molar-refractivity contribution in [2.45, 2.75) is 13.3 Å². The van der Waals surface area contributed by atoms with Crippen LogP contribution in [0.3, 0.4) is 0 Å². The van der Waals surface area contributed by atoms with Crippen molar-refractivity contribution in [3.05, 3.63) is 34.6 Å². The van der Waals surface area contributed by atoms with Crippen LogP contribution < -0.4 is 0 Å². The Bertz CT molecular complexity index is 480. The smallest absolute Gasteiger partial charge is 0.185 e. The van der Waals surface area contributed by atoms with Gasteiger partial charge in [0.25, 0.3) is 0 Å². The molecule has 0 aliphatic carbocycles. The third kappa shape index (κ3) is 5.03. The van der Waals surface area contributed by atoms with Crippen molar-refractivity contribution >= 4 is 34.6 Å². The number of allylic oxidation sites excluding steroid dienone is 1. The van der Waals surface area contributed by atoms with Crippen molar-refractivity contribution in [2.75, 3.05) is 5.75 Å². The highest BCUT2D eigenvalue weighted by Gasteiger charge is 2.00. The van der Waals surface area contributed by atoms with Gasteiger partial charge in [0.2, 0.25) is 0 Å². The van der Waals surface area contributed by atoms with Crippen molar-refractivity contribution in [1.29, 1.82) is 5.26 Å². The predicted molar refractivity (Wildman–Crippen MR) is 70.8 cm³/mol. The largest absolute Gasteiger partial charge is 0.288 e. The monoisotopic (exact) mass is 266 g/mol. The molecular formula is C12H11ClN2OS. The average Bonchev–Trinajstić information content (AvgIpc) is 2.30. The molecule has 0 fully saturated rings. The van der Waals surface area contributed by atoms with Crippen molar-refractivity contribution in [2.24, 2.45) is 0 Å². The van der Waals surface area contributed by atoms with Crippen LogP contribution in [-0.4, -0.2) is 15.9 Å². The van der Waals surface area contributed by atoms with Crippen molar-refractivity contribution < 1.29 is 4.79 Å². The lowest BCUT2D eigenvalue weighted by atomic mass is 10.2. The van der Waals surface area contributed by atoms with E-state index in [0.717, 1.165) is 17.7 Å². The van der Waals surface area contributed by atoms with Crippen LogP contribution in [0.2, 0.25) is 5.15 Å². The molecule has 0 unspecified atom stereocenters. The van der Waals surface area contributed by atoms with E-state index in [0.29, 0.717) is 5.56 Å². The van der Waals surface area contributed by atoms with Crippen molar-refractivity contribution in [3.8, 4) is 6.07 Å². The number of nitriles is 1. The summed E-state index contributed by atoms with van der Waals surface area (Å²) in [6.45, 7) is 1.55. The number of thioether (sulfide) groups is 1. The van der Waals surface area contributed by atoms with Crippen LogP contribution in [-0.2, 0) is 4.79 Å². The topological polar surface area (TPSA) is 53.8 Å². The molecule has 0 saturated carbocycles. The quantitative estimate of drug-likeness (QED) is 0.620. The second-order valence-electron chi connectivity index (χ2n) is 3.25. The van der Waals surface area contributed by atoms with Crippen LogP contribution in [0.15, 0.2) is 18.3 Å². The summed E-state index contributed by atoms with van der Waals surface area (Å²) in [5.74, 6) is 0.762. The molecule has 0 N–H and O–H groups in total. The van der Waals surface area contributed by atoms with Crippen molar-refractivity contribution in [1.82, 2.24) is 4.98 Å². The van der Waals surface area contributed by atoms with Crippen LogP contribution >= 0.6 is 23.4 Å². The lowest BCUT2D eigenvalue weighted by molar-refractivity contribution is -0.109. The highest BCUT2D eigenvalue weighted by atomic mass is 35.5. The lowest BCUT2D eigenvalue weighted by Crippen LogP contribution is -1.85. The van der Waals surface area contributed by atoms with Gasteiger partial charge in [0.1, 0.15) is 11.2 Å². The van der Waals surface area contributed by atoms with Gasteiger partial charge in [-0.2, -0.15) is 5.26 Å². The van der Waals surface area contributed by atoms with E-state index < -0.39 is 0 Å². The Morgan fingerprint density at radius 3 is 3.12 bits per heavy atom. The van der Waals surface area contributed by atoms with Gasteiger partial charge < -0.3 is 0 Å². The first-order chi connectivity index (χ1) is 8.13. The van der Waals surface area contributed by atoms with Gasteiger partial charge in [0.15, 0.2) is 5.12 Å². The van der Waals surface area contributed by atoms with E-state index in [2.05, 4.69) is 4.98 Å². The second kappa shape index (κ2) is 7.10. The first-order valence-electron chi connectivity index (χ1n) is 4.99. The maximum absolute atomic E-state index is 10.7. The number of carbonyl (C=O) groups is 1. The van der Waals surface area contributed by atoms with Crippen LogP contribution in [0.4, 0.5) is 0 Å². The summed E-state index contributed by atoms with van der Waals surface area (Å²) in [5, 5.41) is 9.12. The number of rotatable bonds is 4. The van der Waals surface area contributed by atoms with E-state index in [1.807, 2.05) is 18.2 Å². The molecule has 0 saturated heterocycles. The Labute approximate surface area is 109 Å². The molecular weight excluding hydrogens is 256 g/mol. The number of aromatic nitrogens is 1. The molecule has 1 aromatic heterocycles. The molecule has 0 aliphatic rings. The van der Waals surface area contributed by atoms with Gasteiger partial charge in [-0.05, 0) is 18.1 Å². The summed E-state index contributed by atoms with van der Waals surface area (Å²) >= 11 is 7.01. The zero-order valence-corrected chi connectivity index (χ0v) is 10.9. The molecule has 0 bridgehead atoms. The van der Waals surface area contributed by atoms with Gasteiger partial charge in [-0.15, -0.1) is 0 Å². The maximum atomic E-state index is 10.7. The number of halogens is 1. The Morgan fingerprint density at radius 2 is 2.47 bits per heavy atom. The van der Waals surface area contributed by atoms with E-state index in [1.54, 1.807) is 19.2 Å². The first kappa shape index (κ1) is 13.8. The molecule has 17 heavy (non-hydrogen) atoms. The van der Waals surface area contributed by atoms with Crippen LogP contribution in [0.5, 0.6) is 0 Å². The Balaban J connectivity index is 2.54. The van der Waals surface area contributed by atoms with E-state index in [9.17, 15) is 4.79 Å². The fraction of sp³-hybridized carbons (Fsp3) is 0.250. The summed E-state index contributed by atoms with van der Waals surface area (Å²) < 4.78 is 0. The molecule has 0 aromatic carbocycles. The van der Waals surface area contributed by atoms with Crippen LogP contribution in [0.25, 0.3) is 6.08 Å². The summed E-state index contributed by atoms with van der Waals surface area (Å²) in [6, 6.07) is 3.66. The van der Waals surface area contributed by atoms with E-state index >= 15 is 0 Å². The summed E-state index contributed by atoms with van der Waals surface area (Å²) in [5.41, 5.74) is 1.20. The molecule has 0 amide bonds.